The Morgan fingerprint density at radius 2 is 1.84 bits per heavy atom. The molecule has 3 rings (SSSR count). The Balaban J connectivity index is 1.56. The lowest BCUT2D eigenvalue weighted by Crippen LogP contribution is -2.21. The Hall–Kier alpha value is -2.69. The van der Waals surface area contributed by atoms with Crippen LogP contribution in [-0.2, 0) is 6.54 Å². The molecule has 0 fully saturated rings. The van der Waals surface area contributed by atoms with Crippen LogP contribution in [0.15, 0.2) is 73.1 Å². The van der Waals surface area contributed by atoms with Crippen LogP contribution in [0.5, 0.6) is 5.75 Å². The molecule has 2 N–H and O–H groups in total. The van der Waals surface area contributed by atoms with E-state index in [4.69, 9.17) is 4.74 Å². The topological polar surface area (TPSA) is 54.4 Å². The molecule has 1 atom stereocenters. The van der Waals surface area contributed by atoms with Gasteiger partial charge in [-0.05, 0) is 46.5 Å². The highest BCUT2D eigenvalue weighted by molar-refractivity contribution is 5.62. The predicted molar refractivity (Wildman–Crippen MR) is 99.3 cm³/mol. The second-order valence-corrected chi connectivity index (χ2v) is 5.86. The van der Waals surface area contributed by atoms with Crippen molar-refractivity contribution in [2.24, 2.45) is 0 Å². The first-order valence-corrected chi connectivity index (χ1v) is 8.28. The van der Waals surface area contributed by atoms with Gasteiger partial charge in [0.1, 0.15) is 5.75 Å². The third kappa shape index (κ3) is 4.66. The van der Waals surface area contributed by atoms with Gasteiger partial charge in [-0.1, -0.05) is 36.4 Å². The summed E-state index contributed by atoms with van der Waals surface area (Å²) in [6.07, 6.45) is 3.09. The number of methoxy groups -OCH3 is 1. The summed E-state index contributed by atoms with van der Waals surface area (Å²) < 4.78 is 5.13. The Labute approximate surface area is 148 Å². The first kappa shape index (κ1) is 17.1. The van der Waals surface area contributed by atoms with Gasteiger partial charge in [0.05, 0.1) is 13.2 Å². The summed E-state index contributed by atoms with van der Waals surface area (Å²) in [6.45, 7) is 1.19. The summed E-state index contributed by atoms with van der Waals surface area (Å²) in [6, 6.07) is 19.8. The summed E-state index contributed by atoms with van der Waals surface area (Å²) in [5, 5.41) is 13.6. The number of aromatic nitrogens is 1. The van der Waals surface area contributed by atoms with E-state index in [1.807, 2.05) is 48.7 Å². The molecule has 0 saturated carbocycles. The van der Waals surface area contributed by atoms with E-state index in [1.165, 1.54) is 5.56 Å². The van der Waals surface area contributed by atoms with Gasteiger partial charge in [-0.25, -0.2) is 0 Å². The van der Waals surface area contributed by atoms with E-state index in [-0.39, 0.29) is 0 Å². The van der Waals surface area contributed by atoms with Gasteiger partial charge in [0.2, 0.25) is 0 Å². The lowest BCUT2D eigenvalue weighted by molar-refractivity contribution is 0.174. The summed E-state index contributed by atoms with van der Waals surface area (Å²) in [4.78, 5) is 4.16. The number of rotatable bonds is 7. The molecule has 4 nitrogen and oxygen atoms in total. The van der Waals surface area contributed by atoms with Crippen molar-refractivity contribution in [2.75, 3.05) is 13.7 Å². The number of nitrogens with zero attached hydrogens (tertiary/aromatic N) is 1. The molecule has 25 heavy (non-hydrogen) atoms. The fourth-order valence-electron chi connectivity index (χ4n) is 2.69. The minimum absolute atomic E-state index is 0.490. The van der Waals surface area contributed by atoms with Crippen LogP contribution in [0.25, 0.3) is 11.1 Å². The Bertz CT molecular complexity index is 789. The van der Waals surface area contributed by atoms with Crippen LogP contribution in [0, 0.1) is 0 Å². The molecule has 1 aromatic heterocycles. The van der Waals surface area contributed by atoms with Gasteiger partial charge in [0, 0.05) is 25.5 Å². The van der Waals surface area contributed by atoms with Crippen molar-refractivity contribution in [3.8, 4) is 16.9 Å². The molecule has 0 radical (unpaired) electrons. The van der Waals surface area contributed by atoms with Crippen LogP contribution >= 0.6 is 0 Å². The quantitative estimate of drug-likeness (QED) is 0.693. The van der Waals surface area contributed by atoms with Gasteiger partial charge < -0.3 is 15.2 Å². The van der Waals surface area contributed by atoms with Crippen molar-refractivity contribution in [2.45, 2.75) is 12.6 Å². The third-order valence-electron chi connectivity index (χ3n) is 4.09. The SMILES string of the molecule is COc1ccc(C(O)CNCc2cccc(-c3cccnc3)c2)cc1. The molecule has 4 heteroatoms. The van der Waals surface area contributed by atoms with E-state index in [1.54, 1.807) is 13.3 Å². The zero-order valence-electron chi connectivity index (χ0n) is 14.2. The molecule has 0 bridgehead atoms. The van der Waals surface area contributed by atoms with Crippen LogP contribution in [0.1, 0.15) is 17.2 Å². The molecular formula is C21H22N2O2. The highest BCUT2D eigenvalue weighted by atomic mass is 16.5. The predicted octanol–water partition coefficient (Wildman–Crippen LogP) is 3.58. The molecule has 0 aliphatic heterocycles. The number of hydrogen-bond acceptors (Lipinski definition) is 4. The Kier molecular flexibility index (Phi) is 5.77. The lowest BCUT2D eigenvalue weighted by Gasteiger charge is -2.13. The third-order valence-corrected chi connectivity index (χ3v) is 4.09. The maximum absolute atomic E-state index is 10.3. The number of benzene rings is 2. The van der Waals surface area contributed by atoms with Gasteiger partial charge in [-0.2, -0.15) is 0 Å². The maximum atomic E-state index is 10.3. The second-order valence-electron chi connectivity index (χ2n) is 5.86. The fraction of sp³-hybridized carbons (Fsp3) is 0.190. The molecular weight excluding hydrogens is 312 g/mol. The molecule has 0 saturated heterocycles. The Morgan fingerprint density at radius 1 is 1.04 bits per heavy atom. The molecule has 0 aliphatic rings. The van der Waals surface area contributed by atoms with Crippen LogP contribution in [-0.4, -0.2) is 23.7 Å². The van der Waals surface area contributed by atoms with Gasteiger partial charge in [0.25, 0.3) is 0 Å². The van der Waals surface area contributed by atoms with E-state index >= 15 is 0 Å². The zero-order chi connectivity index (χ0) is 17.5. The van der Waals surface area contributed by atoms with Crippen LogP contribution in [0.3, 0.4) is 0 Å². The number of pyridine rings is 1. The van der Waals surface area contributed by atoms with Crippen LogP contribution in [0.4, 0.5) is 0 Å². The first-order chi connectivity index (χ1) is 12.3. The summed E-state index contributed by atoms with van der Waals surface area (Å²) in [7, 11) is 1.63. The number of aliphatic hydroxyl groups excluding tert-OH is 1. The van der Waals surface area contributed by atoms with Crippen molar-refractivity contribution < 1.29 is 9.84 Å². The molecule has 3 aromatic rings. The van der Waals surface area contributed by atoms with Crippen molar-refractivity contribution in [1.29, 1.82) is 0 Å². The highest BCUT2D eigenvalue weighted by Crippen LogP contribution is 2.20. The maximum Gasteiger partial charge on any atom is 0.118 e. The average molecular weight is 334 g/mol. The smallest absolute Gasteiger partial charge is 0.118 e. The van der Waals surface area contributed by atoms with Gasteiger partial charge >= 0.3 is 0 Å². The van der Waals surface area contributed by atoms with E-state index in [0.717, 1.165) is 22.4 Å². The second kappa shape index (κ2) is 8.42. The van der Waals surface area contributed by atoms with Gasteiger partial charge in [-0.15, -0.1) is 0 Å². The molecule has 2 aromatic carbocycles. The molecule has 1 unspecified atom stereocenters. The highest BCUT2D eigenvalue weighted by Gasteiger charge is 2.07. The molecule has 0 spiro atoms. The Morgan fingerprint density at radius 3 is 2.56 bits per heavy atom. The largest absolute Gasteiger partial charge is 0.497 e. The van der Waals surface area contributed by atoms with E-state index in [9.17, 15) is 5.11 Å². The zero-order valence-corrected chi connectivity index (χ0v) is 14.2. The number of hydrogen-bond donors (Lipinski definition) is 2. The summed E-state index contributed by atoms with van der Waals surface area (Å²) >= 11 is 0. The number of ether oxygens (including phenoxy) is 1. The first-order valence-electron chi connectivity index (χ1n) is 8.28. The van der Waals surface area contributed by atoms with Crippen LogP contribution in [0.2, 0.25) is 0 Å². The van der Waals surface area contributed by atoms with Crippen molar-refractivity contribution in [3.63, 3.8) is 0 Å². The molecule has 128 valence electrons. The molecule has 0 aliphatic carbocycles. The minimum atomic E-state index is -0.549. The van der Waals surface area contributed by atoms with E-state index in [0.29, 0.717) is 13.1 Å². The number of nitrogens with one attached hydrogen (secondary N) is 1. The van der Waals surface area contributed by atoms with Crippen molar-refractivity contribution in [3.05, 3.63) is 84.2 Å². The summed E-state index contributed by atoms with van der Waals surface area (Å²) in [5.74, 6) is 0.788. The van der Waals surface area contributed by atoms with Crippen molar-refractivity contribution in [1.82, 2.24) is 10.3 Å². The van der Waals surface area contributed by atoms with E-state index in [2.05, 4.69) is 28.5 Å². The lowest BCUT2D eigenvalue weighted by atomic mass is 10.0. The average Bonchev–Trinajstić information content (AvgIpc) is 2.69. The van der Waals surface area contributed by atoms with Gasteiger partial charge in [0.15, 0.2) is 0 Å². The normalized spacial score (nSPS) is 11.9. The molecule has 1 heterocycles. The van der Waals surface area contributed by atoms with E-state index < -0.39 is 6.10 Å². The van der Waals surface area contributed by atoms with Crippen molar-refractivity contribution >= 4 is 0 Å². The van der Waals surface area contributed by atoms with Gasteiger partial charge in [-0.3, -0.25) is 4.98 Å². The summed E-state index contributed by atoms with van der Waals surface area (Å²) in [5.41, 5.74) is 4.28. The van der Waals surface area contributed by atoms with Crippen LogP contribution < -0.4 is 10.1 Å². The monoisotopic (exact) mass is 334 g/mol. The molecule has 0 amide bonds. The fourth-order valence-corrected chi connectivity index (χ4v) is 2.69. The number of aliphatic hydroxyl groups is 1. The minimum Gasteiger partial charge on any atom is -0.497 e. The standard InChI is InChI=1S/C21H22N2O2/c1-25-20-9-7-17(8-10-20)21(24)15-23-13-16-4-2-5-18(12-16)19-6-3-11-22-14-19/h2-12,14,21,23-24H,13,15H2,1H3.